The van der Waals surface area contributed by atoms with E-state index in [-0.39, 0.29) is 47.2 Å². The summed E-state index contributed by atoms with van der Waals surface area (Å²) in [4.78, 5) is 38.4. The molecule has 1 saturated heterocycles. The monoisotopic (exact) mass is 637 g/mol. The van der Waals surface area contributed by atoms with Crippen molar-refractivity contribution in [2.24, 2.45) is 5.41 Å². The summed E-state index contributed by atoms with van der Waals surface area (Å²) >= 11 is 5.35. The second-order valence-corrected chi connectivity index (χ2v) is 11.1. The van der Waals surface area contributed by atoms with Gasteiger partial charge in [0.25, 0.3) is 11.8 Å². The van der Waals surface area contributed by atoms with Gasteiger partial charge in [-0.25, -0.2) is 4.79 Å². The molecular formula is C28H31ClF3N7O5. The van der Waals surface area contributed by atoms with Gasteiger partial charge in [-0.2, -0.15) is 13.2 Å². The van der Waals surface area contributed by atoms with Crippen LogP contribution in [0, 0.1) is 5.41 Å². The highest BCUT2D eigenvalue weighted by Gasteiger charge is 2.36. The second kappa shape index (κ2) is 14.4. The van der Waals surface area contributed by atoms with Crippen LogP contribution in [-0.2, 0) is 6.18 Å². The molecule has 44 heavy (non-hydrogen) atoms. The van der Waals surface area contributed by atoms with Crippen molar-refractivity contribution in [3.8, 4) is 0 Å². The smallest absolute Gasteiger partial charge is 0.417 e. The normalized spacial score (nSPS) is 14.3. The lowest BCUT2D eigenvalue weighted by Crippen LogP contribution is -2.49. The first-order chi connectivity index (χ1) is 20.6. The van der Waals surface area contributed by atoms with E-state index in [4.69, 9.17) is 16.7 Å². The zero-order chi connectivity index (χ0) is 32.7. The number of aromatic nitrogens is 4. The summed E-state index contributed by atoms with van der Waals surface area (Å²) in [6.45, 7) is 6.83. The van der Waals surface area contributed by atoms with E-state index in [0.29, 0.717) is 18.9 Å². The minimum absolute atomic E-state index is 0.0826. The first kappa shape index (κ1) is 34.1. The lowest BCUT2D eigenvalue weighted by atomic mass is 9.89. The Labute approximate surface area is 255 Å². The minimum atomic E-state index is -4.61. The maximum atomic E-state index is 13.3. The molecule has 0 aliphatic carbocycles. The standard InChI is InChI=1S/C23H28F3N5O3.C5H3ClN2O2/c1-22(2,3)18(32)14-27-20(33)17-8-9-19(29-28-17)30-10-12-31(13-11-30)21(34)15-6-4-5-7-16(15)23(24,25)26;6-4-2-1-3(5(9)10)7-8-4/h4-9,18,32H,10-14H2,1-3H3,(H,27,33);1-2H,(H,9,10). The summed E-state index contributed by atoms with van der Waals surface area (Å²) in [5.74, 6) is -1.73. The van der Waals surface area contributed by atoms with Gasteiger partial charge in [0, 0.05) is 32.7 Å². The van der Waals surface area contributed by atoms with Crippen LogP contribution in [0.5, 0.6) is 0 Å². The quantitative estimate of drug-likeness (QED) is 0.365. The third kappa shape index (κ3) is 9.31. The molecule has 3 N–H and O–H groups in total. The zero-order valence-corrected chi connectivity index (χ0v) is 24.8. The van der Waals surface area contributed by atoms with Crippen LogP contribution in [0.25, 0.3) is 0 Å². The summed E-state index contributed by atoms with van der Waals surface area (Å²) in [7, 11) is 0. The van der Waals surface area contributed by atoms with Gasteiger partial charge in [0.2, 0.25) is 0 Å². The average Bonchev–Trinajstić information content (AvgIpc) is 2.99. The number of nitrogens with zero attached hydrogens (tertiary/aromatic N) is 6. The first-order valence-corrected chi connectivity index (χ1v) is 13.7. The van der Waals surface area contributed by atoms with Gasteiger partial charge in [0.1, 0.15) is 0 Å². The fourth-order valence-electron chi connectivity index (χ4n) is 3.86. The van der Waals surface area contributed by atoms with E-state index >= 15 is 0 Å². The molecule has 2 aromatic heterocycles. The van der Waals surface area contributed by atoms with Gasteiger partial charge >= 0.3 is 12.1 Å². The molecule has 0 spiro atoms. The molecule has 236 valence electrons. The molecule has 1 aromatic carbocycles. The molecule has 1 atom stereocenters. The number of aliphatic hydroxyl groups is 1. The Hall–Kier alpha value is -4.37. The number of alkyl halides is 3. The zero-order valence-electron chi connectivity index (χ0n) is 24.0. The molecule has 12 nitrogen and oxygen atoms in total. The molecule has 0 saturated carbocycles. The third-order valence-corrected chi connectivity index (χ3v) is 6.75. The summed E-state index contributed by atoms with van der Waals surface area (Å²) in [6.07, 6.45) is -5.33. The summed E-state index contributed by atoms with van der Waals surface area (Å²) in [5.41, 5.74) is -1.69. The maximum absolute atomic E-state index is 13.3. The number of hydrogen-bond acceptors (Lipinski definition) is 9. The molecule has 3 aromatic rings. The van der Waals surface area contributed by atoms with Crippen molar-refractivity contribution in [2.75, 3.05) is 37.6 Å². The number of nitrogens with one attached hydrogen (secondary N) is 1. The molecule has 2 amide bonds. The van der Waals surface area contributed by atoms with Crippen molar-refractivity contribution in [3.63, 3.8) is 0 Å². The molecule has 3 heterocycles. The lowest BCUT2D eigenvalue weighted by Gasteiger charge is -2.35. The van der Waals surface area contributed by atoms with E-state index in [9.17, 15) is 32.7 Å². The Bertz CT molecular complexity index is 1440. The number of carboxylic acids is 1. The number of halogens is 4. The predicted octanol–water partition coefficient (Wildman–Crippen LogP) is 3.42. The van der Waals surface area contributed by atoms with Crippen LogP contribution in [0.4, 0.5) is 19.0 Å². The number of aliphatic hydroxyl groups excluding tert-OH is 1. The number of hydrogen-bond donors (Lipinski definition) is 3. The molecule has 0 bridgehead atoms. The Morgan fingerprint density at radius 2 is 1.52 bits per heavy atom. The van der Waals surface area contributed by atoms with Crippen molar-refractivity contribution in [3.05, 3.63) is 76.2 Å². The van der Waals surface area contributed by atoms with Gasteiger partial charge < -0.3 is 25.3 Å². The van der Waals surface area contributed by atoms with Crippen LogP contribution in [0.3, 0.4) is 0 Å². The molecule has 0 radical (unpaired) electrons. The van der Waals surface area contributed by atoms with E-state index < -0.39 is 35.6 Å². The Kier molecular flexibility index (Phi) is 11.2. The van der Waals surface area contributed by atoms with Crippen LogP contribution in [0.1, 0.15) is 57.7 Å². The highest BCUT2D eigenvalue weighted by Crippen LogP contribution is 2.32. The van der Waals surface area contributed by atoms with Gasteiger partial charge in [0.15, 0.2) is 22.4 Å². The van der Waals surface area contributed by atoms with Gasteiger partial charge in [-0.15, -0.1) is 20.4 Å². The van der Waals surface area contributed by atoms with E-state index in [0.717, 1.165) is 6.07 Å². The summed E-state index contributed by atoms with van der Waals surface area (Å²) < 4.78 is 39.8. The number of aromatic carboxylic acids is 1. The van der Waals surface area contributed by atoms with Crippen molar-refractivity contribution in [1.82, 2.24) is 30.6 Å². The van der Waals surface area contributed by atoms with Crippen molar-refractivity contribution in [2.45, 2.75) is 33.1 Å². The Morgan fingerprint density at radius 1 is 0.909 bits per heavy atom. The summed E-state index contributed by atoms with van der Waals surface area (Å²) in [6, 6.07) is 10.6. The van der Waals surface area contributed by atoms with Gasteiger partial charge in [0.05, 0.1) is 17.2 Å². The fourth-order valence-corrected chi connectivity index (χ4v) is 3.96. The topological polar surface area (TPSA) is 162 Å². The van der Waals surface area contributed by atoms with E-state index in [2.05, 4.69) is 25.7 Å². The second-order valence-electron chi connectivity index (χ2n) is 10.7. The largest absolute Gasteiger partial charge is 0.476 e. The Morgan fingerprint density at radius 3 is 2.05 bits per heavy atom. The van der Waals surface area contributed by atoms with E-state index in [1.165, 1.54) is 41.3 Å². The van der Waals surface area contributed by atoms with Crippen molar-refractivity contribution < 1.29 is 37.8 Å². The number of piperazine rings is 1. The van der Waals surface area contributed by atoms with E-state index in [1.807, 2.05) is 25.7 Å². The maximum Gasteiger partial charge on any atom is 0.417 e. The van der Waals surface area contributed by atoms with E-state index in [1.54, 1.807) is 6.07 Å². The number of rotatable bonds is 6. The number of carbonyl (C=O) groups excluding carboxylic acids is 2. The highest BCUT2D eigenvalue weighted by molar-refractivity contribution is 6.29. The third-order valence-electron chi connectivity index (χ3n) is 6.54. The molecule has 1 aliphatic heterocycles. The van der Waals surface area contributed by atoms with Crippen LogP contribution in [0.15, 0.2) is 48.5 Å². The number of carbonyl (C=O) groups is 3. The molecule has 1 unspecified atom stereocenters. The van der Waals surface area contributed by atoms with Crippen molar-refractivity contribution in [1.29, 1.82) is 0 Å². The number of benzene rings is 1. The molecule has 4 rings (SSSR count). The summed E-state index contributed by atoms with van der Waals surface area (Å²) in [5, 5.41) is 35.8. The first-order valence-electron chi connectivity index (χ1n) is 13.3. The van der Waals surface area contributed by atoms with Crippen LogP contribution < -0.4 is 10.2 Å². The number of anilines is 1. The highest BCUT2D eigenvalue weighted by atomic mass is 35.5. The SMILES string of the molecule is CC(C)(C)C(O)CNC(=O)c1ccc(N2CCN(C(=O)c3ccccc3C(F)(F)F)CC2)nn1.O=C(O)c1ccc(Cl)nn1. The molecule has 1 aliphatic rings. The van der Waals surface area contributed by atoms with Crippen LogP contribution in [0.2, 0.25) is 5.15 Å². The average molecular weight is 638 g/mol. The van der Waals surface area contributed by atoms with Crippen LogP contribution >= 0.6 is 11.6 Å². The fraction of sp³-hybridized carbons (Fsp3) is 0.393. The molecular weight excluding hydrogens is 607 g/mol. The predicted molar refractivity (Wildman–Crippen MR) is 153 cm³/mol. The molecule has 1 fully saturated rings. The van der Waals surface area contributed by atoms with Gasteiger partial charge in [-0.3, -0.25) is 9.59 Å². The lowest BCUT2D eigenvalue weighted by molar-refractivity contribution is -0.138. The Balaban J connectivity index is 0.000000448. The molecule has 16 heteroatoms. The van der Waals surface area contributed by atoms with Gasteiger partial charge in [-0.05, 0) is 41.8 Å². The number of amides is 2. The number of carboxylic acid groups (broad SMARTS) is 1. The van der Waals surface area contributed by atoms with Crippen molar-refractivity contribution >= 4 is 35.2 Å². The van der Waals surface area contributed by atoms with Crippen LogP contribution in [-0.4, -0.2) is 92.1 Å². The van der Waals surface area contributed by atoms with Gasteiger partial charge in [-0.1, -0.05) is 44.5 Å². The minimum Gasteiger partial charge on any atom is -0.476 e.